The summed E-state index contributed by atoms with van der Waals surface area (Å²) >= 11 is 0. The van der Waals surface area contributed by atoms with E-state index in [2.05, 4.69) is 13.0 Å². The maximum atomic E-state index is 13.0. The number of hydrogen-bond donors (Lipinski definition) is 0. The van der Waals surface area contributed by atoms with E-state index in [-0.39, 0.29) is 5.91 Å². The molecule has 0 aliphatic carbocycles. The molecule has 4 nitrogen and oxygen atoms in total. The molecule has 1 aliphatic heterocycles. The minimum absolute atomic E-state index is 0.0263. The highest BCUT2D eigenvalue weighted by Crippen LogP contribution is 2.36. The number of carbonyl (C=O) groups excluding carboxylic acids is 1. The molecule has 0 N–H and O–H groups in total. The largest absolute Gasteiger partial charge is 0.497 e. The Bertz CT molecular complexity index is 704. The molecule has 0 fully saturated rings. The molecular weight excluding hydrogens is 290 g/mol. The Morgan fingerprint density at radius 1 is 1.09 bits per heavy atom. The summed E-state index contributed by atoms with van der Waals surface area (Å²) in [5, 5.41) is 0. The second-order valence-electron chi connectivity index (χ2n) is 5.81. The monoisotopic (exact) mass is 311 g/mol. The number of rotatable bonds is 3. The number of ether oxygens (including phenoxy) is 2. The van der Waals surface area contributed by atoms with Crippen molar-refractivity contribution in [3.8, 4) is 11.5 Å². The number of fused-ring (bicyclic) bond motifs is 1. The van der Waals surface area contributed by atoms with Crippen LogP contribution in [0.25, 0.3) is 0 Å². The minimum atomic E-state index is -0.0263. The lowest BCUT2D eigenvalue weighted by atomic mass is 9.91. The van der Waals surface area contributed by atoms with Gasteiger partial charge >= 0.3 is 0 Å². The van der Waals surface area contributed by atoms with Crippen LogP contribution in [0.5, 0.6) is 11.5 Å². The molecule has 2 aromatic rings. The van der Waals surface area contributed by atoms with Crippen molar-refractivity contribution in [1.82, 2.24) is 0 Å². The van der Waals surface area contributed by atoms with E-state index in [9.17, 15) is 4.79 Å². The first kappa shape index (κ1) is 15.4. The van der Waals surface area contributed by atoms with E-state index >= 15 is 0 Å². The first-order valence-electron chi connectivity index (χ1n) is 7.78. The Kier molecular flexibility index (Phi) is 4.24. The molecule has 4 heteroatoms. The van der Waals surface area contributed by atoms with Gasteiger partial charge < -0.3 is 14.4 Å². The van der Waals surface area contributed by atoms with Crippen LogP contribution in [0.3, 0.4) is 0 Å². The van der Waals surface area contributed by atoms with Crippen LogP contribution >= 0.6 is 0 Å². The lowest BCUT2D eigenvalue weighted by molar-refractivity contribution is 0.0983. The number of carbonyl (C=O) groups is 1. The van der Waals surface area contributed by atoms with E-state index in [1.165, 1.54) is 5.56 Å². The van der Waals surface area contributed by atoms with Crippen molar-refractivity contribution >= 4 is 11.6 Å². The van der Waals surface area contributed by atoms with E-state index in [0.29, 0.717) is 23.0 Å². The van der Waals surface area contributed by atoms with Crippen LogP contribution < -0.4 is 14.4 Å². The van der Waals surface area contributed by atoms with Gasteiger partial charge in [0.25, 0.3) is 5.91 Å². The van der Waals surface area contributed by atoms with Gasteiger partial charge in [-0.2, -0.15) is 0 Å². The summed E-state index contributed by atoms with van der Waals surface area (Å²) in [4.78, 5) is 14.9. The van der Waals surface area contributed by atoms with Crippen molar-refractivity contribution in [2.24, 2.45) is 0 Å². The first-order valence-corrected chi connectivity index (χ1v) is 7.78. The van der Waals surface area contributed by atoms with Gasteiger partial charge in [0.1, 0.15) is 11.5 Å². The van der Waals surface area contributed by atoms with Crippen molar-refractivity contribution in [2.75, 3.05) is 25.7 Å². The number of para-hydroxylation sites is 1. The average Bonchev–Trinajstić information content (AvgIpc) is 2.61. The van der Waals surface area contributed by atoms with Gasteiger partial charge in [0, 0.05) is 23.9 Å². The normalized spacial score (nSPS) is 16.7. The predicted molar refractivity (Wildman–Crippen MR) is 90.7 cm³/mol. The maximum absolute atomic E-state index is 13.0. The van der Waals surface area contributed by atoms with Gasteiger partial charge in [-0.15, -0.1) is 0 Å². The molecule has 1 heterocycles. The topological polar surface area (TPSA) is 38.8 Å². The number of hydrogen-bond acceptors (Lipinski definition) is 3. The van der Waals surface area contributed by atoms with Crippen molar-refractivity contribution < 1.29 is 14.3 Å². The Labute approximate surface area is 136 Å². The van der Waals surface area contributed by atoms with Gasteiger partial charge in [0.05, 0.1) is 14.2 Å². The zero-order valence-electron chi connectivity index (χ0n) is 13.7. The summed E-state index contributed by atoms with van der Waals surface area (Å²) < 4.78 is 10.5. The molecule has 1 amide bonds. The predicted octanol–water partition coefficient (Wildman–Crippen LogP) is 3.86. The van der Waals surface area contributed by atoms with Crippen molar-refractivity contribution in [3.05, 3.63) is 53.6 Å². The molecule has 1 atom stereocenters. The van der Waals surface area contributed by atoms with Crippen LogP contribution in [-0.4, -0.2) is 26.7 Å². The van der Waals surface area contributed by atoms with Crippen LogP contribution in [0.1, 0.15) is 35.2 Å². The van der Waals surface area contributed by atoms with Crippen molar-refractivity contribution in [3.63, 3.8) is 0 Å². The molecule has 3 rings (SSSR count). The molecule has 120 valence electrons. The Hall–Kier alpha value is -2.49. The van der Waals surface area contributed by atoms with Crippen LogP contribution in [0.15, 0.2) is 42.5 Å². The van der Waals surface area contributed by atoms with Gasteiger partial charge in [-0.25, -0.2) is 0 Å². The van der Waals surface area contributed by atoms with Gasteiger partial charge in [0.15, 0.2) is 0 Å². The fraction of sp³-hybridized carbons (Fsp3) is 0.316. The Balaban J connectivity index is 2.00. The lowest BCUT2D eigenvalue weighted by Gasteiger charge is -2.33. The maximum Gasteiger partial charge on any atom is 0.258 e. The quantitative estimate of drug-likeness (QED) is 0.864. The molecule has 2 aromatic carbocycles. The average molecular weight is 311 g/mol. The zero-order valence-corrected chi connectivity index (χ0v) is 13.7. The van der Waals surface area contributed by atoms with Gasteiger partial charge in [-0.3, -0.25) is 4.79 Å². The highest BCUT2D eigenvalue weighted by atomic mass is 16.5. The molecule has 1 aliphatic rings. The molecule has 0 bridgehead atoms. The second-order valence-corrected chi connectivity index (χ2v) is 5.81. The molecular formula is C19H21NO3. The molecule has 1 unspecified atom stereocenters. The van der Waals surface area contributed by atoms with Gasteiger partial charge in [-0.1, -0.05) is 25.1 Å². The summed E-state index contributed by atoms with van der Waals surface area (Å²) in [6, 6.07) is 13.4. The number of nitrogens with zero attached hydrogens (tertiary/aromatic N) is 1. The van der Waals surface area contributed by atoms with Crippen molar-refractivity contribution in [2.45, 2.75) is 19.3 Å². The fourth-order valence-electron chi connectivity index (χ4n) is 3.05. The van der Waals surface area contributed by atoms with Crippen molar-refractivity contribution in [1.29, 1.82) is 0 Å². The van der Waals surface area contributed by atoms with E-state index in [1.54, 1.807) is 32.4 Å². The fourth-order valence-corrected chi connectivity index (χ4v) is 3.05. The number of anilines is 1. The third kappa shape index (κ3) is 2.89. The molecule has 0 aromatic heterocycles. The third-order valence-corrected chi connectivity index (χ3v) is 4.39. The first-order chi connectivity index (χ1) is 11.1. The van der Waals surface area contributed by atoms with Gasteiger partial charge in [0.2, 0.25) is 0 Å². The highest BCUT2D eigenvalue weighted by molar-refractivity contribution is 6.07. The van der Waals surface area contributed by atoms with Crippen LogP contribution in [0.2, 0.25) is 0 Å². The minimum Gasteiger partial charge on any atom is -0.497 e. The summed E-state index contributed by atoms with van der Waals surface area (Å²) in [5.41, 5.74) is 2.80. The Morgan fingerprint density at radius 2 is 1.74 bits per heavy atom. The molecule has 0 spiro atoms. The highest BCUT2D eigenvalue weighted by Gasteiger charge is 2.27. The summed E-state index contributed by atoms with van der Waals surface area (Å²) in [5.74, 6) is 1.68. The van der Waals surface area contributed by atoms with Crippen LogP contribution in [0, 0.1) is 0 Å². The Morgan fingerprint density at radius 3 is 2.39 bits per heavy atom. The summed E-state index contributed by atoms with van der Waals surface area (Å²) in [6.45, 7) is 2.92. The third-order valence-electron chi connectivity index (χ3n) is 4.39. The van der Waals surface area contributed by atoms with Crippen LogP contribution in [0.4, 0.5) is 5.69 Å². The smallest absolute Gasteiger partial charge is 0.258 e. The van der Waals surface area contributed by atoms with Gasteiger partial charge in [-0.05, 0) is 36.1 Å². The SMILES string of the molecule is COc1cc(OC)cc(C(=O)N2CCC(C)c3ccccc32)c1. The summed E-state index contributed by atoms with van der Waals surface area (Å²) in [7, 11) is 3.17. The molecule has 0 radical (unpaired) electrons. The second kappa shape index (κ2) is 6.32. The molecule has 0 saturated carbocycles. The van der Waals surface area contributed by atoms with E-state index in [4.69, 9.17) is 9.47 Å². The standard InChI is InChI=1S/C19H21NO3/c1-13-8-9-20(18-7-5-4-6-17(13)18)19(21)14-10-15(22-2)12-16(11-14)23-3/h4-7,10-13H,8-9H2,1-3H3. The van der Waals surface area contributed by atoms with E-state index < -0.39 is 0 Å². The van der Waals surface area contributed by atoms with E-state index in [0.717, 1.165) is 18.7 Å². The van der Waals surface area contributed by atoms with Crippen LogP contribution in [-0.2, 0) is 0 Å². The van der Waals surface area contributed by atoms with E-state index in [1.807, 2.05) is 23.1 Å². The number of methoxy groups -OCH3 is 2. The molecule has 23 heavy (non-hydrogen) atoms. The number of amides is 1. The lowest BCUT2D eigenvalue weighted by Crippen LogP contribution is -2.36. The molecule has 0 saturated heterocycles. The zero-order chi connectivity index (χ0) is 16.4. The number of benzene rings is 2. The summed E-state index contributed by atoms with van der Waals surface area (Å²) in [6.07, 6.45) is 0.962.